The van der Waals surface area contributed by atoms with E-state index < -0.39 is 23.3 Å². The van der Waals surface area contributed by atoms with Crippen LogP contribution in [0.2, 0.25) is 10.0 Å². The van der Waals surface area contributed by atoms with Crippen LogP contribution in [0.4, 0.5) is 5.69 Å². The summed E-state index contributed by atoms with van der Waals surface area (Å²) < 4.78 is 0. The van der Waals surface area contributed by atoms with Crippen LogP contribution in [0.3, 0.4) is 0 Å². The standard InChI is InChI=1S/C25H22Cl2N2O3/c1-25(2,3)22(30)21-19-18(20-15-7-5-4-6-13(15)10-11-28(20)21)23(31)29(24(19)32)14-8-9-16(26)17(27)12-14/h4-12,18-21H,1-3H3/t18-,19+,20+,21-/m0/s1. The minimum atomic E-state index is -0.774. The van der Waals surface area contributed by atoms with Gasteiger partial charge in [-0.1, -0.05) is 68.2 Å². The minimum Gasteiger partial charge on any atom is -0.359 e. The van der Waals surface area contributed by atoms with Crippen LogP contribution >= 0.6 is 23.2 Å². The molecule has 0 N–H and O–H groups in total. The van der Waals surface area contributed by atoms with Gasteiger partial charge < -0.3 is 4.90 Å². The summed E-state index contributed by atoms with van der Waals surface area (Å²) in [6, 6.07) is 11.4. The summed E-state index contributed by atoms with van der Waals surface area (Å²) >= 11 is 12.2. The van der Waals surface area contributed by atoms with Gasteiger partial charge in [0, 0.05) is 11.6 Å². The molecule has 0 radical (unpaired) electrons. The van der Waals surface area contributed by atoms with Crippen LogP contribution in [0.15, 0.2) is 48.7 Å². The van der Waals surface area contributed by atoms with Crippen molar-refractivity contribution >= 4 is 52.6 Å². The normalized spacial score (nSPS) is 26.3. The average Bonchev–Trinajstić information content (AvgIpc) is 3.22. The number of carbonyl (C=O) groups is 3. The van der Waals surface area contributed by atoms with Gasteiger partial charge in [0.05, 0.1) is 33.6 Å². The molecule has 7 heteroatoms. The van der Waals surface area contributed by atoms with Crippen molar-refractivity contribution < 1.29 is 14.4 Å². The Hall–Kier alpha value is -2.63. The highest BCUT2D eigenvalue weighted by atomic mass is 35.5. The molecule has 3 aliphatic rings. The molecule has 0 unspecified atom stereocenters. The van der Waals surface area contributed by atoms with Gasteiger partial charge in [-0.15, -0.1) is 0 Å². The Bertz CT molecular complexity index is 1200. The smallest absolute Gasteiger partial charge is 0.240 e. The van der Waals surface area contributed by atoms with E-state index in [0.29, 0.717) is 10.7 Å². The molecule has 0 saturated carbocycles. The van der Waals surface area contributed by atoms with E-state index in [9.17, 15) is 14.4 Å². The first-order valence-electron chi connectivity index (χ1n) is 10.5. The zero-order valence-corrected chi connectivity index (χ0v) is 19.4. The van der Waals surface area contributed by atoms with Gasteiger partial charge in [0.15, 0.2) is 5.78 Å². The van der Waals surface area contributed by atoms with E-state index in [1.54, 1.807) is 12.1 Å². The predicted molar refractivity (Wildman–Crippen MR) is 124 cm³/mol. The van der Waals surface area contributed by atoms with Crippen molar-refractivity contribution in [1.82, 2.24) is 4.90 Å². The lowest BCUT2D eigenvalue weighted by molar-refractivity contribution is -0.135. The Morgan fingerprint density at radius 1 is 0.938 bits per heavy atom. The summed E-state index contributed by atoms with van der Waals surface area (Å²) in [4.78, 5) is 44.1. The second-order valence-corrected chi connectivity index (χ2v) is 10.4. The highest BCUT2D eigenvalue weighted by molar-refractivity contribution is 6.42. The fourth-order valence-electron chi connectivity index (χ4n) is 5.18. The molecule has 5 nitrogen and oxygen atoms in total. The maximum absolute atomic E-state index is 13.7. The number of benzene rings is 2. The van der Waals surface area contributed by atoms with Crippen LogP contribution in [0.1, 0.15) is 37.9 Å². The Balaban J connectivity index is 1.67. The highest BCUT2D eigenvalue weighted by Crippen LogP contribution is 2.54. The van der Waals surface area contributed by atoms with Gasteiger partial charge in [-0.3, -0.25) is 14.4 Å². The van der Waals surface area contributed by atoms with Crippen molar-refractivity contribution in [1.29, 1.82) is 0 Å². The third-order valence-corrected chi connectivity index (χ3v) is 7.37. The largest absolute Gasteiger partial charge is 0.359 e. The molecule has 2 aromatic carbocycles. The molecule has 5 rings (SSSR count). The molecule has 32 heavy (non-hydrogen) atoms. The van der Waals surface area contributed by atoms with Gasteiger partial charge in [-0.05, 0) is 35.4 Å². The molecule has 2 saturated heterocycles. The molecule has 2 aromatic rings. The zero-order valence-electron chi connectivity index (χ0n) is 17.9. The third-order valence-electron chi connectivity index (χ3n) is 6.63. The molecule has 2 amide bonds. The van der Waals surface area contributed by atoms with Crippen molar-refractivity contribution in [3.63, 3.8) is 0 Å². The fraction of sp³-hybridized carbons (Fsp3) is 0.320. The van der Waals surface area contributed by atoms with Crippen LogP contribution in [-0.4, -0.2) is 28.5 Å². The molecular weight excluding hydrogens is 447 g/mol. The van der Waals surface area contributed by atoms with Crippen LogP contribution in [-0.2, 0) is 14.4 Å². The molecule has 3 aliphatic heterocycles. The number of fused-ring (bicyclic) bond motifs is 5. The molecule has 0 bridgehead atoms. The van der Waals surface area contributed by atoms with Gasteiger partial charge in [0.1, 0.15) is 6.04 Å². The number of halogens is 2. The molecule has 4 atom stereocenters. The van der Waals surface area contributed by atoms with E-state index in [2.05, 4.69) is 0 Å². The summed E-state index contributed by atoms with van der Waals surface area (Å²) in [5.74, 6) is -2.19. The van der Waals surface area contributed by atoms with Crippen molar-refractivity contribution in [3.05, 3.63) is 69.8 Å². The van der Waals surface area contributed by atoms with Crippen LogP contribution in [0.5, 0.6) is 0 Å². The number of nitrogens with zero attached hydrogens (tertiary/aromatic N) is 2. The molecule has 0 spiro atoms. The van der Waals surface area contributed by atoms with Crippen molar-refractivity contribution in [3.8, 4) is 0 Å². The van der Waals surface area contributed by atoms with E-state index >= 15 is 0 Å². The molecule has 0 aliphatic carbocycles. The lowest BCUT2D eigenvalue weighted by atomic mass is 9.79. The van der Waals surface area contributed by atoms with Crippen molar-refractivity contribution in [2.75, 3.05) is 4.90 Å². The molecule has 3 heterocycles. The van der Waals surface area contributed by atoms with E-state index in [1.165, 1.54) is 11.0 Å². The van der Waals surface area contributed by atoms with E-state index in [-0.39, 0.29) is 28.7 Å². The first-order valence-corrected chi connectivity index (χ1v) is 11.3. The number of amides is 2. The number of imide groups is 1. The quantitative estimate of drug-likeness (QED) is 0.573. The molecule has 2 fully saturated rings. The number of rotatable bonds is 2. The van der Waals surface area contributed by atoms with Gasteiger partial charge >= 0.3 is 0 Å². The lowest BCUT2D eigenvalue weighted by Crippen LogP contribution is -2.47. The maximum atomic E-state index is 13.7. The Kier molecular flexibility index (Phi) is 4.77. The van der Waals surface area contributed by atoms with Crippen molar-refractivity contribution in [2.24, 2.45) is 17.3 Å². The van der Waals surface area contributed by atoms with Gasteiger partial charge in [-0.25, -0.2) is 4.90 Å². The molecule has 0 aromatic heterocycles. The van der Waals surface area contributed by atoms with Gasteiger partial charge in [0.2, 0.25) is 11.8 Å². The summed E-state index contributed by atoms with van der Waals surface area (Å²) in [6.07, 6.45) is 3.81. The second kappa shape index (κ2) is 7.19. The van der Waals surface area contributed by atoms with Gasteiger partial charge in [-0.2, -0.15) is 0 Å². The minimum absolute atomic E-state index is 0.0591. The molecular formula is C25H22Cl2N2O3. The fourth-order valence-corrected chi connectivity index (χ4v) is 5.47. The number of anilines is 1. The van der Waals surface area contributed by atoms with E-state index in [1.807, 2.05) is 62.2 Å². The number of ketones is 1. The second-order valence-electron chi connectivity index (χ2n) is 9.56. The first-order chi connectivity index (χ1) is 15.1. The highest BCUT2D eigenvalue weighted by Gasteiger charge is 2.65. The number of hydrogen-bond acceptors (Lipinski definition) is 4. The Morgan fingerprint density at radius 2 is 1.62 bits per heavy atom. The Morgan fingerprint density at radius 3 is 2.31 bits per heavy atom. The predicted octanol–water partition coefficient (Wildman–Crippen LogP) is 5.12. The SMILES string of the molecule is CC(C)(C)C(=O)[C@@H]1[C@@H]2C(=O)N(c3ccc(Cl)c(Cl)c3)C(=O)[C@@H]2[C@H]2c3ccccc3C=CN12. The summed E-state index contributed by atoms with van der Waals surface area (Å²) in [7, 11) is 0. The molecule has 164 valence electrons. The van der Waals surface area contributed by atoms with E-state index in [4.69, 9.17) is 23.2 Å². The monoisotopic (exact) mass is 468 g/mol. The third kappa shape index (κ3) is 2.95. The average molecular weight is 469 g/mol. The number of hydrogen-bond donors (Lipinski definition) is 0. The number of Topliss-reactive ketones (excluding diaryl/α,β-unsaturated/α-hetero) is 1. The van der Waals surface area contributed by atoms with E-state index in [0.717, 1.165) is 11.1 Å². The van der Waals surface area contributed by atoms with Crippen LogP contribution in [0.25, 0.3) is 6.08 Å². The van der Waals surface area contributed by atoms with Crippen LogP contribution in [0, 0.1) is 17.3 Å². The van der Waals surface area contributed by atoms with Crippen LogP contribution < -0.4 is 4.90 Å². The Labute approximate surface area is 196 Å². The lowest BCUT2D eigenvalue weighted by Gasteiger charge is -2.37. The maximum Gasteiger partial charge on any atom is 0.240 e. The summed E-state index contributed by atoms with van der Waals surface area (Å²) in [5, 5.41) is 0.602. The summed E-state index contributed by atoms with van der Waals surface area (Å²) in [5.41, 5.74) is 1.64. The first kappa shape index (κ1) is 21.2. The summed E-state index contributed by atoms with van der Waals surface area (Å²) in [6.45, 7) is 5.53. The topological polar surface area (TPSA) is 57.7 Å². The van der Waals surface area contributed by atoms with Gasteiger partial charge in [0.25, 0.3) is 0 Å². The number of carbonyl (C=O) groups excluding carboxylic acids is 3. The zero-order chi connectivity index (χ0) is 22.9. The van der Waals surface area contributed by atoms with Crippen molar-refractivity contribution in [2.45, 2.75) is 32.9 Å².